The van der Waals surface area contributed by atoms with Crippen LogP contribution >= 0.6 is 22.9 Å². The van der Waals surface area contributed by atoms with Crippen LogP contribution in [0, 0.1) is 6.92 Å². The Morgan fingerprint density at radius 1 is 1.46 bits per heavy atom. The number of aryl methyl sites for hydroxylation is 1. The van der Waals surface area contributed by atoms with Gasteiger partial charge in [0.25, 0.3) is 0 Å². The van der Waals surface area contributed by atoms with E-state index in [0.29, 0.717) is 0 Å². The lowest BCUT2D eigenvalue weighted by Gasteiger charge is -1.99. The predicted molar refractivity (Wildman–Crippen MR) is 56.7 cm³/mol. The summed E-state index contributed by atoms with van der Waals surface area (Å²) in [6.45, 7) is 1.98. The molecule has 0 amide bonds. The van der Waals surface area contributed by atoms with E-state index in [1.54, 1.807) is 17.7 Å². The molecule has 0 unspecified atom stereocenters. The van der Waals surface area contributed by atoms with E-state index in [1.807, 2.05) is 14.0 Å². The van der Waals surface area contributed by atoms with Crippen LogP contribution in [0.1, 0.15) is 4.88 Å². The normalized spacial score (nSPS) is 10.7. The molecular formula is C8H8ClN3S. The Morgan fingerprint density at radius 3 is 2.92 bits per heavy atom. The molecule has 0 radical (unpaired) electrons. The number of halogens is 1. The number of rotatable bonds is 1. The molecule has 0 aliphatic heterocycles. The fourth-order valence-corrected chi connectivity index (χ4v) is 2.43. The molecule has 0 saturated heterocycles. The SMILES string of the molecule is CNc1ncnc2sc(C)c(Cl)c12. The largest absolute Gasteiger partial charge is 0.372 e. The minimum atomic E-state index is 0.755. The number of aromatic nitrogens is 2. The van der Waals surface area contributed by atoms with E-state index in [0.717, 1.165) is 25.9 Å². The monoisotopic (exact) mass is 213 g/mol. The van der Waals surface area contributed by atoms with Crippen molar-refractivity contribution in [2.75, 3.05) is 12.4 Å². The lowest BCUT2D eigenvalue weighted by molar-refractivity contribution is 1.22. The number of hydrogen-bond donors (Lipinski definition) is 1. The molecule has 0 aliphatic carbocycles. The molecule has 13 heavy (non-hydrogen) atoms. The second kappa shape index (κ2) is 3.12. The summed E-state index contributed by atoms with van der Waals surface area (Å²) in [6.07, 6.45) is 1.54. The van der Waals surface area contributed by atoms with Crippen molar-refractivity contribution < 1.29 is 0 Å². The second-order valence-electron chi connectivity index (χ2n) is 2.62. The van der Waals surface area contributed by atoms with Gasteiger partial charge < -0.3 is 5.32 Å². The van der Waals surface area contributed by atoms with E-state index in [2.05, 4.69) is 15.3 Å². The summed E-state index contributed by atoms with van der Waals surface area (Å²) < 4.78 is 0. The number of anilines is 1. The van der Waals surface area contributed by atoms with Crippen LogP contribution < -0.4 is 5.32 Å². The summed E-state index contributed by atoms with van der Waals surface area (Å²) in [5.41, 5.74) is 0. The smallest absolute Gasteiger partial charge is 0.139 e. The van der Waals surface area contributed by atoms with E-state index in [9.17, 15) is 0 Å². The van der Waals surface area contributed by atoms with Crippen molar-refractivity contribution in [3.63, 3.8) is 0 Å². The molecule has 0 aliphatic rings. The van der Waals surface area contributed by atoms with Crippen molar-refractivity contribution in [2.45, 2.75) is 6.92 Å². The second-order valence-corrected chi connectivity index (χ2v) is 4.21. The van der Waals surface area contributed by atoms with Crippen LogP contribution in [-0.2, 0) is 0 Å². The van der Waals surface area contributed by atoms with Crippen molar-refractivity contribution in [3.8, 4) is 0 Å². The van der Waals surface area contributed by atoms with Gasteiger partial charge in [-0.15, -0.1) is 11.3 Å². The first-order chi connectivity index (χ1) is 6.24. The molecule has 0 spiro atoms. The lowest BCUT2D eigenvalue weighted by Crippen LogP contribution is -1.92. The number of nitrogens with zero attached hydrogens (tertiary/aromatic N) is 2. The highest BCUT2D eigenvalue weighted by atomic mass is 35.5. The summed E-state index contributed by atoms with van der Waals surface area (Å²) in [5.74, 6) is 0.791. The third-order valence-electron chi connectivity index (χ3n) is 1.83. The van der Waals surface area contributed by atoms with Crippen LogP contribution in [0.3, 0.4) is 0 Å². The highest BCUT2D eigenvalue weighted by molar-refractivity contribution is 7.19. The Labute approximate surface area is 84.8 Å². The lowest BCUT2D eigenvalue weighted by atomic mass is 10.3. The topological polar surface area (TPSA) is 37.8 Å². The molecule has 68 valence electrons. The maximum atomic E-state index is 6.12. The molecule has 5 heteroatoms. The molecule has 0 atom stereocenters. The quantitative estimate of drug-likeness (QED) is 0.792. The Balaban J connectivity index is 2.87. The van der Waals surface area contributed by atoms with Crippen LogP contribution in [0.15, 0.2) is 6.33 Å². The summed E-state index contributed by atoms with van der Waals surface area (Å²) in [7, 11) is 1.82. The predicted octanol–water partition coefficient (Wildman–Crippen LogP) is 2.69. The third kappa shape index (κ3) is 1.26. The number of hydrogen-bond acceptors (Lipinski definition) is 4. The Hall–Kier alpha value is -0.870. The van der Waals surface area contributed by atoms with Crippen LogP contribution in [0.4, 0.5) is 5.82 Å². The highest BCUT2D eigenvalue weighted by Gasteiger charge is 2.11. The third-order valence-corrected chi connectivity index (χ3v) is 3.43. The van der Waals surface area contributed by atoms with Gasteiger partial charge in [-0.05, 0) is 6.92 Å². The van der Waals surface area contributed by atoms with E-state index in [1.165, 1.54) is 0 Å². The average Bonchev–Trinajstić information content (AvgIpc) is 2.43. The van der Waals surface area contributed by atoms with Crippen LogP contribution in [-0.4, -0.2) is 17.0 Å². The Morgan fingerprint density at radius 2 is 2.23 bits per heavy atom. The summed E-state index contributed by atoms with van der Waals surface area (Å²) in [5, 5.41) is 4.67. The summed E-state index contributed by atoms with van der Waals surface area (Å²) >= 11 is 7.70. The van der Waals surface area contributed by atoms with Crippen molar-refractivity contribution in [1.29, 1.82) is 0 Å². The average molecular weight is 214 g/mol. The zero-order chi connectivity index (χ0) is 9.42. The molecule has 0 aromatic carbocycles. The molecule has 0 fully saturated rings. The Kier molecular flexibility index (Phi) is 2.09. The maximum Gasteiger partial charge on any atom is 0.139 e. The number of nitrogens with one attached hydrogen (secondary N) is 1. The minimum absolute atomic E-state index is 0.755. The first-order valence-electron chi connectivity index (χ1n) is 3.81. The molecule has 3 nitrogen and oxygen atoms in total. The molecule has 0 saturated carbocycles. The van der Waals surface area contributed by atoms with Gasteiger partial charge in [0.15, 0.2) is 0 Å². The minimum Gasteiger partial charge on any atom is -0.372 e. The highest BCUT2D eigenvalue weighted by Crippen LogP contribution is 2.36. The molecule has 0 bridgehead atoms. The molecule has 2 aromatic heterocycles. The van der Waals surface area contributed by atoms with Gasteiger partial charge in [0.1, 0.15) is 17.0 Å². The van der Waals surface area contributed by atoms with Gasteiger partial charge in [-0.2, -0.15) is 0 Å². The van der Waals surface area contributed by atoms with Crippen LogP contribution in [0.25, 0.3) is 10.2 Å². The summed E-state index contributed by atoms with van der Waals surface area (Å²) in [6, 6.07) is 0. The van der Waals surface area contributed by atoms with Gasteiger partial charge in [0, 0.05) is 11.9 Å². The van der Waals surface area contributed by atoms with Crippen molar-refractivity contribution in [3.05, 3.63) is 16.2 Å². The van der Waals surface area contributed by atoms with Crippen molar-refractivity contribution in [1.82, 2.24) is 9.97 Å². The van der Waals surface area contributed by atoms with E-state index >= 15 is 0 Å². The zero-order valence-corrected chi connectivity index (χ0v) is 8.83. The van der Waals surface area contributed by atoms with Gasteiger partial charge in [0.05, 0.1) is 10.4 Å². The van der Waals surface area contributed by atoms with Crippen molar-refractivity contribution in [2.24, 2.45) is 0 Å². The van der Waals surface area contributed by atoms with E-state index in [4.69, 9.17) is 11.6 Å². The molecule has 2 aromatic rings. The summed E-state index contributed by atoms with van der Waals surface area (Å²) in [4.78, 5) is 10.3. The standard InChI is InChI=1S/C8H8ClN3S/c1-4-6(9)5-7(10-2)11-3-12-8(5)13-4/h3H,1-2H3,(H,10,11,12). The van der Waals surface area contributed by atoms with Crippen LogP contribution in [0.2, 0.25) is 5.02 Å². The Bertz CT molecular complexity index is 452. The first kappa shape index (κ1) is 8.72. The fraction of sp³-hybridized carbons (Fsp3) is 0.250. The van der Waals surface area contributed by atoms with Gasteiger partial charge in [-0.25, -0.2) is 9.97 Å². The number of thiophene rings is 1. The molecular weight excluding hydrogens is 206 g/mol. The first-order valence-corrected chi connectivity index (χ1v) is 5.01. The molecule has 1 N–H and O–H groups in total. The van der Waals surface area contributed by atoms with E-state index in [-0.39, 0.29) is 0 Å². The fourth-order valence-electron chi connectivity index (χ4n) is 1.20. The molecule has 2 rings (SSSR count). The van der Waals surface area contributed by atoms with Crippen molar-refractivity contribution >= 4 is 39.0 Å². The van der Waals surface area contributed by atoms with Gasteiger partial charge in [0.2, 0.25) is 0 Å². The van der Waals surface area contributed by atoms with E-state index < -0.39 is 0 Å². The van der Waals surface area contributed by atoms with Gasteiger partial charge in [-0.3, -0.25) is 0 Å². The van der Waals surface area contributed by atoms with Gasteiger partial charge >= 0.3 is 0 Å². The van der Waals surface area contributed by atoms with Gasteiger partial charge in [-0.1, -0.05) is 11.6 Å². The maximum absolute atomic E-state index is 6.12. The van der Waals surface area contributed by atoms with Crippen LogP contribution in [0.5, 0.6) is 0 Å². The molecule has 2 heterocycles. The zero-order valence-electron chi connectivity index (χ0n) is 7.26. The number of fused-ring (bicyclic) bond motifs is 1.